The van der Waals surface area contributed by atoms with Gasteiger partial charge in [-0.25, -0.2) is 18.3 Å². The van der Waals surface area contributed by atoms with Crippen LogP contribution in [0.2, 0.25) is 5.15 Å². The fourth-order valence-electron chi connectivity index (χ4n) is 3.59. The molecule has 4 nitrogen and oxygen atoms in total. The molecule has 0 spiro atoms. The Balaban J connectivity index is 1.49. The van der Waals surface area contributed by atoms with Crippen molar-refractivity contribution in [3.63, 3.8) is 0 Å². The van der Waals surface area contributed by atoms with Gasteiger partial charge in [-0.15, -0.1) is 0 Å². The minimum atomic E-state index is -0.592. The largest absolute Gasteiger partial charge is 0.261 e. The quantitative estimate of drug-likeness (QED) is 0.501. The third-order valence-electron chi connectivity index (χ3n) is 4.95. The maximum Gasteiger partial charge on any atom is 0.157 e. The molecule has 0 bridgehead atoms. The van der Waals surface area contributed by atoms with Gasteiger partial charge >= 0.3 is 0 Å². The molecule has 3 aromatic heterocycles. The van der Waals surface area contributed by atoms with Crippen molar-refractivity contribution in [3.8, 4) is 11.1 Å². The van der Waals surface area contributed by atoms with Gasteiger partial charge in [0.25, 0.3) is 0 Å². The molecule has 0 radical (unpaired) electrons. The fraction of sp³-hybridized carbons (Fsp3) is 0.150. The van der Waals surface area contributed by atoms with Crippen LogP contribution in [0.25, 0.3) is 16.8 Å². The molecule has 134 valence electrons. The van der Waals surface area contributed by atoms with Crippen LogP contribution in [-0.2, 0) is 0 Å². The molecule has 1 fully saturated rings. The van der Waals surface area contributed by atoms with E-state index in [1.807, 2.05) is 12.1 Å². The van der Waals surface area contributed by atoms with Crippen molar-refractivity contribution < 1.29 is 8.78 Å². The fourth-order valence-corrected chi connectivity index (χ4v) is 3.79. The highest BCUT2D eigenvalue weighted by molar-refractivity contribution is 6.29. The van der Waals surface area contributed by atoms with Crippen molar-refractivity contribution in [2.45, 2.75) is 18.3 Å². The van der Waals surface area contributed by atoms with Gasteiger partial charge in [-0.2, -0.15) is 5.10 Å². The van der Waals surface area contributed by atoms with Gasteiger partial charge in [0.1, 0.15) is 16.8 Å². The number of aromatic nitrogens is 4. The Morgan fingerprint density at radius 3 is 2.74 bits per heavy atom. The Bertz CT molecular complexity index is 1170. The molecule has 2 atom stereocenters. The van der Waals surface area contributed by atoms with Crippen LogP contribution < -0.4 is 0 Å². The number of benzene rings is 1. The smallest absolute Gasteiger partial charge is 0.157 e. The summed E-state index contributed by atoms with van der Waals surface area (Å²) in [6, 6.07) is 9.04. The van der Waals surface area contributed by atoms with E-state index < -0.39 is 11.6 Å². The lowest BCUT2D eigenvalue weighted by Crippen LogP contribution is -1.97. The molecule has 1 saturated carbocycles. The van der Waals surface area contributed by atoms with Crippen LogP contribution in [0.1, 0.15) is 29.5 Å². The number of halogens is 3. The van der Waals surface area contributed by atoms with E-state index in [1.165, 1.54) is 12.1 Å². The topological polar surface area (TPSA) is 43.1 Å². The Morgan fingerprint density at radius 1 is 1.00 bits per heavy atom. The van der Waals surface area contributed by atoms with Gasteiger partial charge in [-0.05, 0) is 48.2 Å². The lowest BCUT2D eigenvalue weighted by Gasteiger charge is -2.07. The van der Waals surface area contributed by atoms with Gasteiger partial charge in [0.15, 0.2) is 5.65 Å². The lowest BCUT2D eigenvalue weighted by molar-refractivity contribution is 0.585. The molecule has 0 aliphatic heterocycles. The highest BCUT2D eigenvalue weighted by atomic mass is 35.5. The first-order chi connectivity index (χ1) is 13.1. The van der Waals surface area contributed by atoms with Gasteiger partial charge in [-0.1, -0.05) is 11.6 Å². The molecule has 0 amide bonds. The molecule has 1 aromatic carbocycles. The van der Waals surface area contributed by atoms with Gasteiger partial charge in [0, 0.05) is 47.4 Å². The number of nitrogens with zero attached hydrogens (tertiary/aromatic N) is 4. The molecule has 2 unspecified atom stereocenters. The van der Waals surface area contributed by atoms with Crippen LogP contribution >= 0.6 is 11.6 Å². The van der Waals surface area contributed by atoms with E-state index in [4.69, 9.17) is 11.6 Å². The van der Waals surface area contributed by atoms with Gasteiger partial charge in [-0.3, -0.25) is 4.98 Å². The van der Waals surface area contributed by atoms with Crippen LogP contribution in [0, 0.1) is 11.6 Å². The average molecular weight is 383 g/mol. The summed E-state index contributed by atoms with van der Waals surface area (Å²) < 4.78 is 29.0. The zero-order valence-electron chi connectivity index (χ0n) is 14.0. The second kappa shape index (κ2) is 6.09. The second-order valence-electron chi connectivity index (χ2n) is 6.66. The third-order valence-corrected chi connectivity index (χ3v) is 5.14. The molecule has 27 heavy (non-hydrogen) atoms. The minimum absolute atomic E-state index is 0.201. The molecule has 1 aliphatic rings. The Labute approximate surface area is 158 Å². The molecule has 4 aromatic rings. The summed E-state index contributed by atoms with van der Waals surface area (Å²) in [5, 5.41) is 4.62. The molecule has 5 rings (SSSR count). The number of hydrogen-bond donors (Lipinski definition) is 0. The van der Waals surface area contributed by atoms with E-state index in [-0.39, 0.29) is 11.8 Å². The van der Waals surface area contributed by atoms with Crippen molar-refractivity contribution in [1.82, 2.24) is 19.6 Å². The van der Waals surface area contributed by atoms with E-state index >= 15 is 0 Å². The molecular weight excluding hydrogens is 370 g/mol. The van der Waals surface area contributed by atoms with E-state index in [1.54, 1.807) is 29.2 Å². The second-order valence-corrected chi connectivity index (χ2v) is 7.05. The van der Waals surface area contributed by atoms with E-state index in [9.17, 15) is 8.78 Å². The monoisotopic (exact) mass is 382 g/mol. The molecule has 0 saturated heterocycles. The van der Waals surface area contributed by atoms with Crippen LogP contribution in [0.5, 0.6) is 0 Å². The minimum Gasteiger partial charge on any atom is -0.261 e. The highest BCUT2D eigenvalue weighted by Crippen LogP contribution is 2.55. The summed E-state index contributed by atoms with van der Waals surface area (Å²) in [6.45, 7) is 0. The van der Waals surface area contributed by atoms with Crippen LogP contribution in [0.3, 0.4) is 0 Å². The molecule has 0 N–H and O–H groups in total. The zero-order valence-corrected chi connectivity index (χ0v) is 14.7. The van der Waals surface area contributed by atoms with Crippen molar-refractivity contribution in [3.05, 3.63) is 83.0 Å². The lowest BCUT2D eigenvalue weighted by atomic mass is 10.0. The Hall–Kier alpha value is -2.86. The summed E-state index contributed by atoms with van der Waals surface area (Å²) in [4.78, 5) is 8.84. The summed E-state index contributed by atoms with van der Waals surface area (Å²) in [5.74, 6) is -0.741. The number of pyridine rings is 1. The predicted octanol–water partition coefficient (Wildman–Crippen LogP) is 4.99. The van der Waals surface area contributed by atoms with Gasteiger partial charge in [0.05, 0.1) is 0 Å². The van der Waals surface area contributed by atoms with E-state index in [0.29, 0.717) is 16.3 Å². The summed E-state index contributed by atoms with van der Waals surface area (Å²) in [6.07, 6.45) is 6.02. The normalized spacial score (nSPS) is 18.8. The average Bonchev–Trinajstić information content (AvgIpc) is 3.31. The number of imidazole rings is 1. The standard InChI is InChI=1S/C20H13ClF2N4/c21-19-10-16(20-25-5-6-27(20)26-19)14-9-15(14)18-7-11(3-4-24-18)13-2-1-12(22)8-17(13)23/h1-8,10,14-15H,9H2. The highest BCUT2D eigenvalue weighted by Gasteiger charge is 2.42. The van der Waals surface area contributed by atoms with E-state index in [2.05, 4.69) is 15.1 Å². The molecule has 7 heteroatoms. The van der Waals surface area contributed by atoms with Crippen LogP contribution in [-0.4, -0.2) is 19.6 Å². The maximum atomic E-state index is 14.1. The SMILES string of the molecule is Fc1ccc(-c2ccnc(C3CC3c3cc(Cl)nn4ccnc34)c2)c(F)c1. The first-order valence-electron chi connectivity index (χ1n) is 8.51. The number of rotatable bonds is 3. The third kappa shape index (κ3) is 2.86. The van der Waals surface area contributed by atoms with Crippen LogP contribution in [0.15, 0.2) is 55.0 Å². The first-order valence-corrected chi connectivity index (χ1v) is 8.89. The zero-order chi connectivity index (χ0) is 18.5. The van der Waals surface area contributed by atoms with Crippen molar-refractivity contribution in [2.75, 3.05) is 0 Å². The maximum absolute atomic E-state index is 14.1. The molecule has 1 aliphatic carbocycles. The number of hydrogen-bond acceptors (Lipinski definition) is 3. The van der Waals surface area contributed by atoms with Crippen molar-refractivity contribution in [2.24, 2.45) is 0 Å². The Morgan fingerprint density at radius 2 is 1.89 bits per heavy atom. The first kappa shape index (κ1) is 16.3. The summed E-state index contributed by atoms with van der Waals surface area (Å²) >= 11 is 6.13. The van der Waals surface area contributed by atoms with E-state index in [0.717, 1.165) is 29.4 Å². The van der Waals surface area contributed by atoms with Gasteiger partial charge in [0.2, 0.25) is 0 Å². The molecular formula is C20H13ClF2N4. The number of fused-ring (bicyclic) bond motifs is 1. The van der Waals surface area contributed by atoms with Gasteiger partial charge < -0.3 is 0 Å². The predicted molar refractivity (Wildman–Crippen MR) is 97.7 cm³/mol. The Kier molecular flexibility index (Phi) is 3.68. The van der Waals surface area contributed by atoms with Crippen molar-refractivity contribution >= 4 is 17.2 Å². The van der Waals surface area contributed by atoms with Crippen LogP contribution in [0.4, 0.5) is 8.78 Å². The van der Waals surface area contributed by atoms with Crippen molar-refractivity contribution in [1.29, 1.82) is 0 Å². The summed E-state index contributed by atoms with van der Waals surface area (Å²) in [7, 11) is 0. The molecule has 3 heterocycles. The summed E-state index contributed by atoms with van der Waals surface area (Å²) in [5.41, 5.74) is 3.73.